The van der Waals surface area contributed by atoms with E-state index in [1.54, 1.807) is 24.5 Å². The van der Waals surface area contributed by atoms with E-state index >= 15 is 0 Å². The highest BCUT2D eigenvalue weighted by atomic mass is 19.1. The highest BCUT2D eigenvalue weighted by Crippen LogP contribution is 2.07. The minimum atomic E-state index is -0.340. The Morgan fingerprint density at radius 1 is 1.21 bits per heavy atom. The van der Waals surface area contributed by atoms with Gasteiger partial charge in [-0.3, -0.25) is 4.79 Å². The molecule has 0 saturated heterocycles. The molecule has 19 heavy (non-hydrogen) atoms. The Morgan fingerprint density at radius 2 is 2.05 bits per heavy atom. The maximum atomic E-state index is 13.3. The Morgan fingerprint density at radius 3 is 2.79 bits per heavy atom. The molecule has 3 nitrogen and oxygen atoms in total. The lowest BCUT2D eigenvalue weighted by Gasteiger charge is -2.05. The maximum Gasteiger partial charge on any atom is 0.224 e. The average Bonchev–Trinajstić information content (AvgIpc) is 2.91. The summed E-state index contributed by atoms with van der Waals surface area (Å²) in [4.78, 5) is 11.6. The van der Waals surface area contributed by atoms with Crippen molar-refractivity contribution >= 4 is 5.91 Å². The molecule has 0 atom stereocenters. The number of aryl methyl sites for hydroxylation is 1. The quantitative estimate of drug-likeness (QED) is 0.812. The summed E-state index contributed by atoms with van der Waals surface area (Å²) >= 11 is 0. The molecule has 0 aliphatic carbocycles. The van der Waals surface area contributed by atoms with Gasteiger partial charge in [0.15, 0.2) is 0 Å². The average molecular weight is 261 g/mol. The standard InChI is InChI=1S/C15H16FNO2/c16-14-8-2-1-5-12(14)11-15(18)17-9-3-6-13-7-4-10-19-13/h1-2,4-5,7-8,10H,3,6,9,11H2,(H,17,18). The molecule has 2 rings (SSSR count). The van der Waals surface area contributed by atoms with Gasteiger partial charge in [0.2, 0.25) is 5.91 Å². The fourth-order valence-electron chi connectivity index (χ4n) is 1.82. The van der Waals surface area contributed by atoms with Crippen molar-refractivity contribution in [2.75, 3.05) is 6.54 Å². The van der Waals surface area contributed by atoms with Crippen LogP contribution in [0.25, 0.3) is 0 Å². The van der Waals surface area contributed by atoms with Gasteiger partial charge in [-0.25, -0.2) is 4.39 Å². The number of carbonyl (C=O) groups is 1. The van der Waals surface area contributed by atoms with Gasteiger partial charge in [0, 0.05) is 13.0 Å². The number of rotatable bonds is 6. The highest BCUT2D eigenvalue weighted by Gasteiger charge is 2.06. The number of benzene rings is 1. The van der Waals surface area contributed by atoms with Gasteiger partial charge < -0.3 is 9.73 Å². The fraction of sp³-hybridized carbons (Fsp3) is 0.267. The van der Waals surface area contributed by atoms with Gasteiger partial charge in [-0.2, -0.15) is 0 Å². The van der Waals surface area contributed by atoms with Crippen LogP contribution in [-0.4, -0.2) is 12.5 Å². The van der Waals surface area contributed by atoms with Gasteiger partial charge >= 0.3 is 0 Å². The van der Waals surface area contributed by atoms with Gasteiger partial charge in [0.25, 0.3) is 0 Å². The van der Waals surface area contributed by atoms with E-state index in [0.717, 1.165) is 18.6 Å². The number of carbonyl (C=O) groups excluding carboxylic acids is 1. The lowest BCUT2D eigenvalue weighted by atomic mass is 10.1. The van der Waals surface area contributed by atoms with E-state index in [9.17, 15) is 9.18 Å². The Balaban J connectivity index is 1.69. The molecule has 1 aromatic heterocycles. The summed E-state index contributed by atoms with van der Waals surface area (Å²) in [5.74, 6) is 0.404. The van der Waals surface area contributed by atoms with E-state index in [-0.39, 0.29) is 18.1 Å². The van der Waals surface area contributed by atoms with Crippen molar-refractivity contribution in [3.05, 3.63) is 59.8 Å². The molecule has 0 radical (unpaired) electrons. The first-order valence-electron chi connectivity index (χ1n) is 6.28. The maximum absolute atomic E-state index is 13.3. The third-order valence-electron chi connectivity index (χ3n) is 2.81. The molecular formula is C15H16FNO2. The summed E-state index contributed by atoms with van der Waals surface area (Å²) in [6.07, 6.45) is 3.29. The number of halogens is 1. The number of amides is 1. The normalized spacial score (nSPS) is 10.4. The van der Waals surface area contributed by atoms with Crippen LogP contribution in [0.3, 0.4) is 0 Å². The summed E-state index contributed by atoms with van der Waals surface area (Å²) in [6.45, 7) is 0.563. The molecule has 100 valence electrons. The summed E-state index contributed by atoms with van der Waals surface area (Å²) in [5, 5.41) is 2.77. The largest absolute Gasteiger partial charge is 0.469 e. The smallest absolute Gasteiger partial charge is 0.224 e. The number of furan rings is 1. The second-order valence-electron chi connectivity index (χ2n) is 4.30. The molecule has 0 aliphatic heterocycles. The number of hydrogen-bond acceptors (Lipinski definition) is 2. The molecule has 1 aromatic carbocycles. The topological polar surface area (TPSA) is 42.2 Å². The first-order valence-corrected chi connectivity index (χ1v) is 6.28. The third-order valence-corrected chi connectivity index (χ3v) is 2.81. The van der Waals surface area contributed by atoms with Crippen molar-refractivity contribution in [2.45, 2.75) is 19.3 Å². The Kier molecular flexibility index (Phi) is 4.72. The molecular weight excluding hydrogens is 245 g/mol. The molecule has 2 aromatic rings. The van der Waals surface area contributed by atoms with Crippen molar-refractivity contribution in [3.8, 4) is 0 Å². The summed E-state index contributed by atoms with van der Waals surface area (Å²) < 4.78 is 18.5. The van der Waals surface area contributed by atoms with Crippen LogP contribution in [0.5, 0.6) is 0 Å². The van der Waals surface area contributed by atoms with Crippen LogP contribution in [-0.2, 0) is 17.6 Å². The molecule has 0 fully saturated rings. The van der Waals surface area contributed by atoms with Crippen LogP contribution >= 0.6 is 0 Å². The van der Waals surface area contributed by atoms with Crippen molar-refractivity contribution in [1.29, 1.82) is 0 Å². The Hall–Kier alpha value is -2.10. The molecule has 0 spiro atoms. The lowest BCUT2D eigenvalue weighted by molar-refractivity contribution is -0.120. The first kappa shape index (κ1) is 13.3. The van der Waals surface area contributed by atoms with Crippen molar-refractivity contribution in [2.24, 2.45) is 0 Å². The number of nitrogens with one attached hydrogen (secondary N) is 1. The van der Waals surface area contributed by atoms with Crippen LogP contribution < -0.4 is 5.32 Å². The zero-order valence-corrected chi connectivity index (χ0v) is 10.6. The SMILES string of the molecule is O=C(Cc1ccccc1F)NCCCc1ccco1. The first-order chi connectivity index (χ1) is 9.25. The Bertz CT molecular complexity index is 523. The van der Waals surface area contributed by atoms with E-state index in [2.05, 4.69) is 5.32 Å². The lowest BCUT2D eigenvalue weighted by Crippen LogP contribution is -2.26. The third kappa shape index (κ3) is 4.25. The summed E-state index contributed by atoms with van der Waals surface area (Å²) in [6, 6.07) is 10.1. The van der Waals surface area contributed by atoms with Crippen LogP contribution in [0.4, 0.5) is 4.39 Å². The minimum Gasteiger partial charge on any atom is -0.469 e. The van der Waals surface area contributed by atoms with Crippen LogP contribution in [0.2, 0.25) is 0 Å². The van der Waals surface area contributed by atoms with Gasteiger partial charge in [-0.15, -0.1) is 0 Å². The van der Waals surface area contributed by atoms with Crippen molar-refractivity contribution < 1.29 is 13.6 Å². The molecule has 1 heterocycles. The predicted octanol–water partition coefficient (Wildman–Crippen LogP) is 2.71. The van der Waals surface area contributed by atoms with Gasteiger partial charge in [0.05, 0.1) is 12.7 Å². The predicted molar refractivity (Wildman–Crippen MR) is 70.1 cm³/mol. The summed E-state index contributed by atoms with van der Waals surface area (Å²) in [5.41, 5.74) is 0.422. The van der Waals surface area contributed by atoms with Crippen molar-refractivity contribution in [1.82, 2.24) is 5.32 Å². The van der Waals surface area contributed by atoms with Gasteiger partial charge in [-0.1, -0.05) is 18.2 Å². The van der Waals surface area contributed by atoms with Crippen molar-refractivity contribution in [3.63, 3.8) is 0 Å². The van der Waals surface area contributed by atoms with Crippen LogP contribution in [0.15, 0.2) is 47.1 Å². The minimum absolute atomic E-state index is 0.0768. The van der Waals surface area contributed by atoms with Crippen LogP contribution in [0.1, 0.15) is 17.7 Å². The molecule has 0 unspecified atom stereocenters. The van der Waals surface area contributed by atoms with E-state index in [1.165, 1.54) is 6.07 Å². The van der Waals surface area contributed by atoms with Gasteiger partial charge in [-0.05, 0) is 30.2 Å². The molecule has 0 saturated carbocycles. The highest BCUT2D eigenvalue weighted by molar-refractivity contribution is 5.78. The molecule has 0 bridgehead atoms. The molecule has 4 heteroatoms. The second-order valence-corrected chi connectivity index (χ2v) is 4.30. The zero-order valence-electron chi connectivity index (χ0n) is 10.6. The van der Waals surface area contributed by atoms with Crippen LogP contribution in [0, 0.1) is 5.82 Å². The van der Waals surface area contributed by atoms with E-state index < -0.39 is 0 Å². The van der Waals surface area contributed by atoms with E-state index in [4.69, 9.17) is 4.42 Å². The summed E-state index contributed by atoms with van der Waals surface area (Å²) in [7, 11) is 0. The zero-order chi connectivity index (χ0) is 13.5. The van der Waals surface area contributed by atoms with E-state index in [1.807, 2.05) is 12.1 Å². The number of hydrogen-bond donors (Lipinski definition) is 1. The van der Waals surface area contributed by atoms with Gasteiger partial charge in [0.1, 0.15) is 11.6 Å². The Labute approximate surface area is 111 Å². The second kappa shape index (κ2) is 6.73. The molecule has 1 N–H and O–H groups in total. The molecule has 1 amide bonds. The monoisotopic (exact) mass is 261 g/mol. The molecule has 0 aliphatic rings. The van der Waals surface area contributed by atoms with E-state index in [0.29, 0.717) is 12.1 Å². The fourth-order valence-corrected chi connectivity index (χ4v) is 1.82.